The topological polar surface area (TPSA) is 127 Å². The highest BCUT2D eigenvalue weighted by Crippen LogP contribution is 2.54. The van der Waals surface area contributed by atoms with Gasteiger partial charge >= 0.3 is 0 Å². The van der Waals surface area contributed by atoms with E-state index in [9.17, 15) is 28.4 Å². The van der Waals surface area contributed by atoms with Gasteiger partial charge in [0.1, 0.15) is 17.7 Å². The van der Waals surface area contributed by atoms with Gasteiger partial charge in [-0.1, -0.05) is 0 Å². The molecule has 2 fully saturated rings. The number of non-ortho nitro benzene ring substituents is 1. The number of rotatable bonds is 6. The van der Waals surface area contributed by atoms with Crippen LogP contribution in [0, 0.1) is 22.0 Å². The number of nitrogens with zero attached hydrogens (tertiary/aromatic N) is 2. The molecule has 31 heavy (non-hydrogen) atoms. The molecule has 166 valence electrons. The minimum Gasteiger partial charge on any atom is -0.477 e. The molecule has 1 N–H and O–H groups in total. The van der Waals surface area contributed by atoms with Gasteiger partial charge in [0, 0.05) is 23.0 Å². The van der Waals surface area contributed by atoms with Gasteiger partial charge in [0.15, 0.2) is 9.84 Å². The average Bonchev–Trinajstić information content (AvgIpc) is 3.23. The lowest BCUT2D eigenvalue weighted by Crippen LogP contribution is -2.60. The first kappa shape index (κ1) is 22.2. The number of benzene rings is 1. The summed E-state index contributed by atoms with van der Waals surface area (Å²) in [6.45, 7) is 1.61. The molecule has 0 aliphatic carbocycles. The third-order valence-corrected chi connectivity index (χ3v) is 9.24. The molecule has 12 heteroatoms. The number of carbonyl (C=O) groups is 1. The van der Waals surface area contributed by atoms with Crippen LogP contribution in [0.2, 0.25) is 0 Å². The zero-order valence-corrected chi connectivity index (χ0v) is 18.9. The highest BCUT2D eigenvalue weighted by Gasteiger charge is 2.58. The fraction of sp³-hybridized carbons (Fsp3) is 0.474. The molecule has 3 aliphatic rings. The van der Waals surface area contributed by atoms with Crippen LogP contribution in [0.5, 0.6) is 0 Å². The Morgan fingerprint density at radius 3 is 2.65 bits per heavy atom. The van der Waals surface area contributed by atoms with Crippen LogP contribution in [-0.2, 0) is 26.0 Å². The van der Waals surface area contributed by atoms with E-state index < -0.39 is 26.8 Å². The molecule has 0 saturated carbocycles. The second kappa shape index (κ2) is 8.15. The number of nitro benzene ring substituents is 1. The van der Waals surface area contributed by atoms with E-state index in [0.29, 0.717) is 17.7 Å². The number of thiocarbonyl (C=S) groups is 1. The first-order valence-electron chi connectivity index (χ1n) is 9.62. The summed E-state index contributed by atoms with van der Waals surface area (Å²) in [5, 5.41) is 20.5. The summed E-state index contributed by atoms with van der Waals surface area (Å²) in [5.74, 6) is -1.02. The van der Waals surface area contributed by atoms with E-state index in [1.165, 1.54) is 28.8 Å². The van der Waals surface area contributed by atoms with Gasteiger partial charge in [-0.3, -0.25) is 19.8 Å². The monoisotopic (exact) mass is 484 g/mol. The lowest BCUT2D eigenvalue weighted by molar-refractivity contribution is -0.384. The summed E-state index contributed by atoms with van der Waals surface area (Å²) >= 11 is 6.84. The Morgan fingerprint density at radius 1 is 1.42 bits per heavy atom. The molecular weight excluding hydrogens is 464 g/mol. The standard InChI is InChI=1S/C19H20N2O7S3/c1-10(22)14-17(23)20-15(16(30-18(14)20)12-6-7-31(26,27)9-12)19(29)28-8-11-2-4-13(5-3-11)21(24)25/h2-5,10,12,14,18,22H,6-9H2,1H3/t10-,12?,14+,18-/m1/s1. The SMILES string of the molecule is C[C@@H](O)[C@H]1C(=O)N2C(C(=S)OCc3ccc([N+](=O)[O-])cc3)=C(C3CCS(=O)(=O)C3)S[C@H]12. The Morgan fingerprint density at radius 2 is 2.10 bits per heavy atom. The van der Waals surface area contributed by atoms with Gasteiger partial charge in [0.25, 0.3) is 5.69 Å². The van der Waals surface area contributed by atoms with Crippen molar-refractivity contribution in [3.05, 3.63) is 50.5 Å². The van der Waals surface area contributed by atoms with Crippen LogP contribution in [0.25, 0.3) is 0 Å². The third kappa shape index (κ3) is 4.09. The molecule has 4 rings (SSSR count). The normalized spacial score (nSPS) is 27.6. The van der Waals surface area contributed by atoms with Crippen LogP contribution in [0.1, 0.15) is 18.9 Å². The fourth-order valence-electron chi connectivity index (χ4n) is 4.02. The lowest BCUT2D eigenvalue weighted by atomic mass is 9.92. The van der Waals surface area contributed by atoms with Crippen LogP contribution >= 0.6 is 24.0 Å². The Balaban J connectivity index is 1.56. The average molecular weight is 485 g/mol. The Labute approximate surface area is 188 Å². The molecule has 9 nitrogen and oxygen atoms in total. The van der Waals surface area contributed by atoms with Crippen molar-refractivity contribution in [1.29, 1.82) is 0 Å². The molecule has 1 aromatic carbocycles. The number of amides is 1. The van der Waals surface area contributed by atoms with Gasteiger partial charge in [-0.2, -0.15) is 0 Å². The molecular formula is C19H20N2O7S3. The van der Waals surface area contributed by atoms with Gasteiger partial charge in [0.05, 0.1) is 28.5 Å². The largest absolute Gasteiger partial charge is 0.477 e. The molecule has 1 amide bonds. The van der Waals surface area contributed by atoms with Crippen molar-refractivity contribution < 1.29 is 28.0 Å². The van der Waals surface area contributed by atoms with Crippen molar-refractivity contribution in [2.45, 2.75) is 31.4 Å². The number of hydrogen-bond acceptors (Lipinski definition) is 9. The minimum absolute atomic E-state index is 0.00209. The van der Waals surface area contributed by atoms with E-state index in [2.05, 4.69) is 0 Å². The summed E-state index contributed by atoms with van der Waals surface area (Å²) in [5.41, 5.74) is 1.04. The van der Waals surface area contributed by atoms with Crippen molar-refractivity contribution in [2.75, 3.05) is 11.5 Å². The minimum atomic E-state index is -3.15. The van der Waals surface area contributed by atoms with E-state index in [-0.39, 0.29) is 46.0 Å². The van der Waals surface area contributed by atoms with Crippen molar-refractivity contribution in [3.8, 4) is 0 Å². The predicted octanol–water partition coefficient (Wildman–Crippen LogP) is 2.00. The zero-order valence-electron chi connectivity index (χ0n) is 16.5. The number of thioether (sulfide) groups is 1. The summed E-state index contributed by atoms with van der Waals surface area (Å²) in [6.07, 6.45) is -0.378. The molecule has 0 bridgehead atoms. The fourth-order valence-corrected chi connectivity index (χ4v) is 7.98. The molecule has 0 spiro atoms. The van der Waals surface area contributed by atoms with Crippen molar-refractivity contribution >= 4 is 50.5 Å². The zero-order chi connectivity index (χ0) is 22.5. The first-order valence-corrected chi connectivity index (χ1v) is 12.7. The van der Waals surface area contributed by atoms with Crippen LogP contribution in [0.15, 0.2) is 34.9 Å². The van der Waals surface area contributed by atoms with Crippen molar-refractivity contribution in [3.63, 3.8) is 0 Å². The number of hydrogen-bond donors (Lipinski definition) is 1. The molecule has 0 aromatic heterocycles. The second-order valence-corrected chi connectivity index (χ2v) is 11.6. The Bertz CT molecular complexity index is 1080. The van der Waals surface area contributed by atoms with E-state index in [1.807, 2.05) is 0 Å². The smallest absolute Gasteiger partial charge is 0.269 e. The molecule has 3 heterocycles. The van der Waals surface area contributed by atoms with Gasteiger partial charge in [-0.25, -0.2) is 8.42 Å². The highest BCUT2D eigenvalue weighted by atomic mass is 32.2. The summed E-state index contributed by atoms with van der Waals surface area (Å²) in [4.78, 5) is 25.2. The molecule has 2 saturated heterocycles. The number of aliphatic hydroxyl groups is 1. The molecule has 3 aliphatic heterocycles. The van der Waals surface area contributed by atoms with Gasteiger partial charge < -0.3 is 9.84 Å². The van der Waals surface area contributed by atoms with Crippen LogP contribution in [-0.4, -0.2) is 57.3 Å². The lowest BCUT2D eigenvalue weighted by Gasteiger charge is -2.44. The van der Waals surface area contributed by atoms with Crippen LogP contribution in [0.4, 0.5) is 5.69 Å². The highest BCUT2D eigenvalue weighted by molar-refractivity contribution is 8.04. The number of nitro groups is 1. The van der Waals surface area contributed by atoms with Gasteiger partial charge in [-0.15, -0.1) is 11.8 Å². The molecule has 1 aromatic rings. The number of allylic oxidation sites excluding steroid dienone is 1. The molecule has 4 atom stereocenters. The van der Waals surface area contributed by atoms with E-state index in [0.717, 1.165) is 4.91 Å². The maximum Gasteiger partial charge on any atom is 0.269 e. The van der Waals surface area contributed by atoms with Crippen molar-refractivity contribution in [2.24, 2.45) is 11.8 Å². The summed E-state index contributed by atoms with van der Waals surface area (Å²) in [6, 6.07) is 5.85. The summed E-state index contributed by atoms with van der Waals surface area (Å²) < 4.78 is 29.8. The van der Waals surface area contributed by atoms with Gasteiger partial charge in [0.2, 0.25) is 11.0 Å². The van der Waals surface area contributed by atoms with E-state index in [4.69, 9.17) is 17.0 Å². The first-order chi connectivity index (χ1) is 14.6. The Kier molecular flexibility index (Phi) is 5.83. The van der Waals surface area contributed by atoms with Gasteiger partial charge in [-0.05, 0) is 43.3 Å². The quantitative estimate of drug-likeness (QED) is 0.279. The maximum atomic E-state index is 12.7. The second-order valence-electron chi connectivity index (χ2n) is 7.80. The molecule has 1 unspecified atom stereocenters. The predicted molar refractivity (Wildman–Crippen MR) is 118 cm³/mol. The van der Waals surface area contributed by atoms with E-state index >= 15 is 0 Å². The molecule has 0 radical (unpaired) electrons. The van der Waals surface area contributed by atoms with E-state index in [1.54, 1.807) is 19.1 Å². The van der Waals surface area contributed by atoms with Crippen LogP contribution in [0.3, 0.4) is 0 Å². The van der Waals surface area contributed by atoms with Crippen molar-refractivity contribution in [1.82, 2.24) is 4.90 Å². The Hall–Kier alpha value is -2.02. The number of aliphatic hydroxyl groups excluding tert-OH is 1. The number of β-lactam (4-membered cyclic amide) rings is 1. The number of ether oxygens (including phenoxy) is 1. The maximum absolute atomic E-state index is 12.7. The summed E-state index contributed by atoms with van der Waals surface area (Å²) in [7, 11) is -3.15. The number of fused-ring (bicyclic) bond motifs is 1. The van der Waals surface area contributed by atoms with Crippen LogP contribution < -0.4 is 0 Å². The third-order valence-electron chi connectivity index (χ3n) is 5.64. The number of sulfone groups is 1. The number of carbonyl (C=O) groups excluding carboxylic acids is 1.